The quantitative estimate of drug-likeness (QED) is 0.673. The van der Waals surface area contributed by atoms with E-state index in [1.54, 1.807) is 18.4 Å². The van der Waals surface area contributed by atoms with Gasteiger partial charge < -0.3 is 9.73 Å². The maximum absolute atomic E-state index is 11.8. The minimum atomic E-state index is -0.0223. The van der Waals surface area contributed by atoms with Crippen molar-refractivity contribution in [2.75, 3.05) is 13.6 Å². The molecule has 0 saturated carbocycles. The number of amides is 1. The molecular weight excluding hydrogens is 370 g/mol. The molecule has 3 aromatic heterocycles. The minimum Gasteiger partial charge on any atom is -0.453 e. The normalized spacial score (nSPS) is 17.7. The number of aromatic amines is 1. The Hall–Kier alpha value is -2.10. The van der Waals surface area contributed by atoms with Gasteiger partial charge in [0.1, 0.15) is 12.1 Å². The molecule has 26 heavy (non-hydrogen) atoms. The van der Waals surface area contributed by atoms with Gasteiger partial charge in [0, 0.05) is 18.0 Å². The lowest BCUT2D eigenvalue weighted by Crippen LogP contribution is -2.21. The van der Waals surface area contributed by atoms with Gasteiger partial charge in [0.05, 0.1) is 11.4 Å². The third kappa shape index (κ3) is 3.69. The van der Waals surface area contributed by atoms with Crippen LogP contribution in [0.25, 0.3) is 0 Å². The molecule has 0 bridgehead atoms. The predicted molar refractivity (Wildman–Crippen MR) is 99.3 cm³/mol. The Morgan fingerprint density at radius 2 is 2.38 bits per heavy atom. The molecule has 0 aromatic carbocycles. The predicted octanol–water partition coefficient (Wildman–Crippen LogP) is 3.31. The van der Waals surface area contributed by atoms with Gasteiger partial charge in [-0.15, -0.1) is 11.3 Å². The van der Waals surface area contributed by atoms with Crippen LogP contribution in [0.3, 0.4) is 0 Å². The number of furan rings is 1. The van der Waals surface area contributed by atoms with Gasteiger partial charge in [-0.05, 0) is 55.4 Å². The molecule has 4 rings (SSSR count). The van der Waals surface area contributed by atoms with E-state index in [-0.39, 0.29) is 5.91 Å². The summed E-state index contributed by atoms with van der Waals surface area (Å²) in [7, 11) is 1.66. The van der Waals surface area contributed by atoms with Crippen molar-refractivity contribution < 1.29 is 9.21 Å². The Morgan fingerprint density at radius 3 is 3.19 bits per heavy atom. The molecule has 0 unspecified atom stereocenters. The Balaban J connectivity index is 1.43. The van der Waals surface area contributed by atoms with E-state index in [4.69, 9.17) is 4.42 Å². The van der Waals surface area contributed by atoms with E-state index in [0.717, 1.165) is 41.7 Å². The number of thiophene rings is 1. The van der Waals surface area contributed by atoms with Gasteiger partial charge in [-0.25, -0.2) is 4.98 Å². The standard InChI is InChI=1S/C17H19N5O2S2/c1-18-16(23)14-6-5-13(25-14)12-3-2-8-22(12)9-11-4-7-15(24-11)26-17-19-10-20-21-17/h4-7,10,12H,2-3,8-9H2,1H3,(H,18,23)(H,19,20,21)/t12-/m1/s1. The van der Waals surface area contributed by atoms with Crippen LogP contribution in [0.4, 0.5) is 0 Å². The van der Waals surface area contributed by atoms with Crippen molar-refractivity contribution in [1.82, 2.24) is 25.4 Å². The van der Waals surface area contributed by atoms with E-state index in [2.05, 4.69) is 31.5 Å². The highest BCUT2D eigenvalue weighted by molar-refractivity contribution is 7.99. The van der Waals surface area contributed by atoms with Crippen molar-refractivity contribution in [2.45, 2.75) is 35.7 Å². The zero-order valence-electron chi connectivity index (χ0n) is 14.3. The molecule has 1 aliphatic heterocycles. The topological polar surface area (TPSA) is 87.0 Å². The molecule has 9 heteroatoms. The Labute approximate surface area is 159 Å². The fraction of sp³-hybridized carbons (Fsp3) is 0.353. The number of H-pyrrole nitrogens is 1. The molecule has 1 atom stereocenters. The SMILES string of the molecule is CNC(=O)c1ccc([C@H]2CCCN2Cc2ccc(Sc3ncn[nH]3)o2)s1. The number of likely N-dealkylation sites (tertiary alicyclic amines) is 1. The molecule has 1 aliphatic rings. The van der Waals surface area contributed by atoms with Crippen LogP contribution >= 0.6 is 23.1 Å². The molecule has 1 saturated heterocycles. The fourth-order valence-electron chi connectivity index (χ4n) is 3.15. The second kappa shape index (κ2) is 7.65. The van der Waals surface area contributed by atoms with Crippen LogP contribution in [0, 0.1) is 0 Å². The summed E-state index contributed by atoms with van der Waals surface area (Å²) in [5.74, 6) is 0.910. The van der Waals surface area contributed by atoms with Crippen LogP contribution in [-0.4, -0.2) is 39.6 Å². The number of hydrogen-bond donors (Lipinski definition) is 2. The van der Waals surface area contributed by atoms with Crippen molar-refractivity contribution in [2.24, 2.45) is 0 Å². The molecule has 7 nitrogen and oxygen atoms in total. The highest BCUT2D eigenvalue weighted by Crippen LogP contribution is 2.37. The third-order valence-corrected chi connectivity index (χ3v) is 6.35. The summed E-state index contributed by atoms with van der Waals surface area (Å²) >= 11 is 3.00. The fourth-order valence-corrected chi connectivity index (χ4v) is 4.95. The molecule has 136 valence electrons. The van der Waals surface area contributed by atoms with Crippen molar-refractivity contribution in [3.63, 3.8) is 0 Å². The van der Waals surface area contributed by atoms with E-state index in [1.165, 1.54) is 23.0 Å². The molecule has 4 heterocycles. The molecule has 1 amide bonds. The number of aromatic nitrogens is 3. The molecular formula is C17H19N5O2S2. The van der Waals surface area contributed by atoms with Gasteiger partial charge in [-0.1, -0.05) is 0 Å². The average molecular weight is 390 g/mol. The minimum absolute atomic E-state index is 0.0223. The first-order valence-electron chi connectivity index (χ1n) is 8.40. The Kier molecular flexibility index (Phi) is 5.09. The molecule has 0 radical (unpaired) electrons. The summed E-state index contributed by atoms with van der Waals surface area (Å²) < 4.78 is 5.94. The van der Waals surface area contributed by atoms with Crippen LogP contribution in [0.5, 0.6) is 0 Å². The summed E-state index contributed by atoms with van der Waals surface area (Å²) in [5.41, 5.74) is 0. The van der Waals surface area contributed by atoms with E-state index in [1.807, 2.05) is 18.2 Å². The second-order valence-electron chi connectivity index (χ2n) is 6.02. The van der Waals surface area contributed by atoms with Crippen LogP contribution in [-0.2, 0) is 6.54 Å². The van der Waals surface area contributed by atoms with Crippen LogP contribution in [0.1, 0.15) is 39.2 Å². The number of hydrogen-bond acceptors (Lipinski definition) is 7. The number of carbonyl (C=O) groups is 1. The Bertz CT molecular complexity index is 873. The summed E-state index contributed by atoms with van der Waals surface area (Å²) in [6.07, 6.45) is 3.74. The maximum Gasteiger partial charge on any atom is 0.261 e. The number of carbonyl (C=O) groups excluding carboxylic acids is 1. The molecule has 3 aromatic rings. The molecule has 0 spiro atoms. The summed E-state index contributed by atoms with van der Waals surface area (Å²) in [6, 6.07) is 8.30. The number of rotatable bonds is 6. The second-order valence-corrected chi connectivity index (χ2v) is 8.13. The van der Waals surface area contributed by atoms with Crippen molar-refractivity contribution in [3.8, 4) is 0 Å². The zero-order chi connectivity index (χ0) is 17.9. The summed E-state index contributed by atoms with van der Waals surface area (Å²) in [6.45, 7) is 1.79. The van der Waals surface area contributed by atoms with Gasteiger partial charge in [0.15, 0.2) is 10.2 Å². The van der Waals surface area contributed by atoms with Gasteiger partial charge in [0.2, 0.25) is 0 Å². The largest absolute Gasteiger partial charge is 0.453 e. The molecule has 1 fully saturated rings. The van der Waals surface area contributed by atoms with Gasteiger partial charge in [-0.2, -0.15) is 5.10 Å². The number of nitrogens with zero attached hydrogens (tertiary/aromatic N) is 3. The van der Waals surface area contributed by atoms with Gasteiger partial charge in [0.25, 0.3) is 5.91 Å². The Morgan fingerprint density at radius 1 is 1.46 bits per heavy atom. The highest BCUT2D eigenvalue weighted by atomic mass is 32.2. The lowest BCUT2D eigenvalue weighted by atomic mass is 10.2. The van der Waals surface area contributed by atoms with Crippen LogP contribution in [0.15, 0.2) is 45.3 Å². The van der Waals surface area contributed by atoms with E-state index in [9.17, 15) is 4.79 Å². The lowest BCUT2D eigenvalue weighted by molar-refractivity contribution is 0.0967. The average Bonchev–Trinajstić information content (AvgIpc) is 3.43. The first kappa shape index (κ1) is 17.3. The smallest absolute Gasteiger partial charge is 0.261 e. The van der Waals surface area contributed by atoms with Gasteiger partial charge >= 0.3 is 0 Å². The van der Waals surface area contributed by atoms with Crippen molar-refractivity contribution in [3.05, 3.63) is 46.1 Å². The maximum atomic E-state index is 11.8. The monoisotopic (exact) mass is 389 g/mol. The van der Waals surface area contributed by atoms with Crippen LogP contribution < -0.4 is 5.32 Å². The molecule has 2 N–H and O–H groups in total. The van der Waals surface area contributed by atoms with E-state index >= 15 is 0 Å². The highest BCUT2D eigenvalue weighted by Gasteiger charge is 2.28. The van der Waals surface area contributed by atoms with E-state index < -0.39 is 0 Å². The lowest BCUT2D eigenvalue weighted by Gasteiger charge is -2.22. The third-order valence-electron chi connectivity index (χ3n) is 4.36. The van der Waals surface area contributed by atoms with Crippen LogP contribution in [0.2, 0.25) is 0 Å². The number of nitrogens with one attached hydrogen (secondary N) is 2. The summed E-state index contributed by atoms with van der Waals surface area (Å²) in [4.78, 5) is 20.3. The van der Waals surface area contributed by atoms with Crippen molar-refractivity contribution in [1.29, 1.82) is 0 Å². The molecule has 0 aliphatic carbocycles. The van der Waals surface area contributed by atoms with Crippen molar-refractivity contribution >= 4 is 29.0 Å². The first-order chi connectivity index (χ1) is 12.7. The summed E-state index contributed by atoms with van der Waals surface area (Å²) in [5, 5.41) is 10.8. The van der Waals surface area contributed by atoms with Gasteiger partial charge in [-0.3, -0.25) is 14.8 Å². The first-order valence-corrected chi connectivity index (χ1v) is 10.0. The zero-order valence-corrected chi connectivity index (χ0v) is 15.9. The van der Waals surface area contributed by atoms with E-state index in [0.29, 0.717) is 11.2 Å².